The summed E-state index contributed by atoms with van der Waals surface area (Å²) in [4.78, 5) is 18.0. The Balaban J connectivity index is 2.10. The number of nitrogens with one attached hydrogen (secondary N) is 2. The highest BCUT2D eigenvalue weighted by atomic mass is 16.5. The average Bonchev–Trinajstić information content (AvgIpc) is 2.50. The summed E-state index contributed by atoms with van der Waals surface area (Å²) < 4.78 is 5.27. The number of hydrogen-bond acceptors (Lipinski definition) is 4. The van der Waals surface area contributed by atoms with Crippen molar-refractivity contribution in [2.75, 3.05) is 36.5 Å². The fraction of sp³-hybridized carbons (Fsp3) is 0.429. The quantitative estimate of drug-likeness (QED) is 0.244. The average molecular weight is 291 g/mol. The molecule has 1 amide bonds. The predicted molar refractivity (Wildman–Crippen MR) is 83.2 cm³/mol. The van der Waals surface area contributed by atoms with Crippen LogP contribution in [0.1, 0.15) is 13.3 Å². The lowest BCUT2D eigenvalue weighted by Crippen LogP contribution is -2.50. The molecule has 1 aromatic carbocycles. The third kappa shape index (κ3) is 3.93. The van der Waals surface area contributed by atoms with Crippen molar-refractivity contribution in [3.8, 4) is 0 Å². The van der Waals surface area contributed by atoms with Gasteiger partial charge in [0.15, 0.2) is 0 Å². The lowest BCUT2D eigenvalue weighted by atomic mass is 10.2. The molecule has 0 saturated carbocycles. The van der Waals surface area contributed by atoms with Crippen LogP contribution in [0.25, 0.3) is 0 Å². The van der Waals surface area contributed by atoms with Crippen LogP contribution < -0.4 is 21.5 Å². The molecule has 0 spiro atoms. The normalized spacial score (nSPS) is 14.7. The van der Waals surface area contributed by atoms with Gasteiger partial charge in [0.2, 0.25) is 11.9 Å². The Bertz CT molecular complexity index is 518. The number of anilines is 2. The van der Waals surface area contributed by atoms with Gasteiger partial charge in [-0.15, -0.1) is 0 Å². The van der Waals surface area contributed by atoms with Crippen LogP contribution in [-0.2, 0) is 9.53 Å². The molecule has 0 aliphatic carbocycles. The Morgan fingerprint density at radius 1 is 1.52 bits per heavy atom. The number of para-hydroxylation sites is 2. The molecule has 7 nitrogen and oxygen atoms in total. The van der Waals surface area contributed by atoms with Gasteiger partial charge < -0.3 is 15.0 Å². The summed E-state index contributed by atoms with van der Waals surface area (Å²) in [7, 11) is 0. The number of ether oxygens (including phenoxy) is 1. The smallest absolute Gasteiger partial charge is 0.244 e. The highest BCUT2D eigenvalue weighted by Crippen LogP contribution is 2.28. The summed E-state index contributed by atoms with van der Waals surface area (Å²) in [6.07, 6.45) is 0.806. The molecule has 1 aromatic rings. The summed E-state index contributed by atoms with van der Waals surface area (Å²) in [5, 5.41) is 2.83. The van der Waals surface area contributed by atoms with E-state index in [0.717, 1.165) is 17.8 Å². The number of aliphatic imine (C=N–C) groups is 1. The number of carbonyl (C=O) groups excluding carboxylic acids is 1. The zero-order valence-electron chi connectivity index (χ0n) is 12.1. The molecule has 0 aromatic heterocycles. The number of hydrogen-bond donors (Lipinski definition) is 3. The van der Waals surface area contributed by atoms with Crippen molar-refractivity contribution >= 4 is 23.2 Å². The van der Waals surface area contributed by atoms with E-state index in [1.54, 1.807) is 4.90 Å². The number of guanidine groups is 1. The van der Waals surface area contributed by atoms with Gasteiger partial charge in [0, 0.05) is 19.8 Å². The molecular formula is C14H21N5O2. The van der Waals surface area contributed by atoms with Crippen molar-refractivity contribution in [3.05, 3.63) is 24.3 Å². The zero-order chi connectivity index (χ0) is 15.1. The van der Waals surface area contributed by atoms with E-state index in [2.05, 4.69) is 15.7 Å². The van der Waals surface area contributed by atoms with Crippen molar-refractivity contribution in [2.45, 2.75) is 13.3 Å². The van der Waals surface area contributed by atoms with E-state index in [-0.39, 0.29) is 12.5 Å². The van der Waals surface area contributed by atoms with E-state index in [4.69, 9.17) is 10.6 Å². The minimum atomic E-state index is -0.0917. The number of benzene rings is 1. The summed E-state index contributed by atoms with van der Waals surface area (Å²) in [6, 6.07) is 7.55. The molecule has 1 heterocycles. The Hall–Kier alpha value is -2.12. The van der Waals surface area contributed by atoms with Crippen molar-refractivity contribution in [1.82, 2.24) is 5.43 Å². The minimum Gasteiger partial charge on any atom is -0.382 e. The third-order valence-electron chi connectivity index (χ3n) is 3.07. The SMILES string of the molecule is CCOCCCN=C(NN)N1CC(=O)Nc2ccccc21. The predicted octanol–water partition coefficient (Wildman–Crippen LogP) is 0.691. The van der Waals surface area contributed by atoms with Crippen LogP contribution in [0.4, 0.5) is 11.4 Å². The second kappa shape index (κ2) is 7.61. The number of amides is 1. The number of hydrazine groups is 1. The molecule has 1 aliphatic rings. The van der Waals surface area contributed by atoms with Gasteiger partial charge >= 0.3 is 0 Å². The Morgan fingerprint density at radius 2 is 2.33 bits per heavy atom. The van der Waals surface area contributed by atoms with Gasteiger partial charge in [-0.3, -0.25) is 15.2 Å². The highest BCUT2D eigenvalue weighted by Gasteiger charge is 2.24. The first-order valence-corrected chi connectivity index (χ1v) is 7.01. The van der Waals surface area contributed by atoms with Crippen LogP contribution in [0.15, 0.2) is 29.3 Å². The van der Waals surface area contributed by atoms with Crippen molar-refractivity contribution in [1.29, 1.82) is 0 Å². The standard InChI is InChI=1S/C14H21N5O2/c1-2-21-9-5-8-16-14(18-15)19-10-13(20)17-11-6-3-4-7-12(11)19/h3-4,6-7H,2,5,8-10,15H2,1H3,(H,16,18)(H,17,20). The van der Waals surface area contributed by atoms with Gasteiger partial charge in [-0.1, -0.05) is 12.1 Å². The van der Waals surface area contributed by atoms with Gasteiger partial charge in [0.25, 0.3) is 0 Å². The first kappa shape index (κ1) is 15.3. The van der Waals surface area contributed by atoms with Gasteiger partial charge in [-0.2, -0.15) is 0 Å². The number of nitrogens with zero attached hydrogens (tertiary/aromatic N) is 2. The summed E-state index contributed by atoms with van der Waals surface area (Å²) in [6.45, 7) is 4.09. The first-order valence-electron chi connectivity index (χ1n) is 7.01. The lowest BCUT2D eigenvalue weighted by Gasteiger charge is -2.31. The fourth-order valence-corrected chi connectivity index (χ4v) is 2.13. The van der Waals surface area contributed by atoms with E-state index in [0.29, 0.717) is 25.7 Å². The van der Waals surface area contributed by atoms with Crippen LogP contribution in [0, 0.1) is 0 Å². The van der Waals surface area contributed by atoms with Crippen LogP contribution in [0.3, 0.4) is 0 Å². The van der Waals surface area contributed by atoms with E-state index in [9.17, 15) is 4.79 Å². The van der Waals surface area contributed by atoms with Crippen molar-refractivity contribution in [3.63, 3.8) is 0 Å². The summed E-state index contributed by atoms with van der Waals surface area (Å²) in [5.74, 6) is 5.95. The number of fused-ring (bicyclic) bond motifs is 1. The summed E-state index contributed by atoms with van der Waals surface area (Å²) in [5.41, 5.74) is 4.21. The molecule has 7 heteroatoms. The largest absolute Gasteiger partial charge is 0.382 e. The molecule has 4 N–H and O–H groups in total. The monoisotopic (exact) mass is 291 g/mol. The van der Waals surface area contributed by atoms with E-state index < -0.39 is 0 Å². The maximum absolute atomic E-state index is 11.8. The molecule has 0 bridgehead atoms. The number of carbonyl (C=O) groups is 1. The van der Waals surface area contributed by atoms with Crippen molar-refractivity contribution in [2.24, 2.45) is 10.8 Å². The highest BCUT2D eigenvalue weighted by molar-refractivity contribution is 6.10. The molecule has 114 valence electrons. The van der Waals surface area contributed by atoms with Crippen molar-refractivity contribution < 1.29 is 9.53 Å². The maximum atomic E-state index is 11.8. The molecule has 0 unspecified atom stereocenters. The Labute approximate surface area is 124 Å². The van der Waals surface area contributed by atoms with Crippen LogP contribution in [0.2, 0.25) is 0 Å². The van der Waals surface area contributed by atoms with Crippen LogP contribution in [0.5, 0.6) is 0 Å². The molecule has 0 radical (unpaired) electrons. The second-order valence-electron chi connectivity index (χ2n) is 4.55. The topological polar surface area (TPSA) is 92.0 Å². The fourth-order valence-electron chi connectivity index (χ4n) is 2.13. The van der Waals surface area contributed by atoms with E-state index in [1.807, 2.05) is 31.2 Å². The number of rotatable bonds is 5. The maximum Gasteiger partial charge on any atom is 0.244 e. The molecular weight excluding hydrogens is 270 g/mol. The third-order valence-corrected chi connectivity index (χ3v) is 3.07. The Morgan fingerprint density at radius 3 is 3.10 bits per heavy atom. The van der Waals surface area contributed by atoms with E-state index in [1.165, 1.54) is 0 Å². The zero-order valence-corrected chi connectivity index (χ0v) is 12.1. The van der Waals surface area contributed by atoms with Gasteiger partial charge in [-0.05, 0) is 25.5 Å². The molecule has 0 atom stereocenters. The van der Waals surface area contributed by atoms with E-state index >= 15 is 0 Å². The molecule has 21 heavy (non-hydrogen) atoms. The first-order chi connectivity index (χ1) is 10.3. The van der Waals surface area contributed by atoms with Gasteiger partial charge in [-0.25, -0.2) is 5.84 Å². The molecule has 2 rings (SSSR count). The minimum absolute atomic E-state index is 0.0917. The molecule has 0 fully saturated rings. The molecule has 1 aliphatic heterocycles. The Kier molecular flexibility index (Phi) is 5.53. The van der Waals surface area contributed by atoms with Gasteiger partial charge in [0.1, 0.15) is 6.54 Å². The lowest BCUT2D eigenvalue weighted by molar-refractivity contribution is -0.115. The number of nitrogens with two attached hydrogens (primary N) is 1. The van der Waals surface area contributed by atoms with Crippen LogP contribution >= 0.6 is 0 Å². The van der Waals surface area contributed by atoms with Gasteiger partial charge in [0.05, 0.1) is 11.4 Å². The van der Waals surface area contributed by atoms with Crippen LogP contribution in [-0.4, -0.2) is 38.2 Å². The summed E-state index contributed by atoms with van der Waals surface area (Å²) >= 11 is 0. The molecule has 0 saturated heterocycles. The second-order valence-corrected chi connectivity index (χ2v) is 4.55.